The smallest absolute Gasteiger partial charge is 0.343 e. The van der Waals surface area contributed by atoms with Crippen LogP contribution >= 0.6 is 0 Å². The van der Waals surface area contributed by atoms with Gasteiger partial charge in [0.25, 0.3) is 5.91 Å². The Morgan fingerprint density at radius 1 is 0.861 bits per heavy atom. The minimum Gasteiger partial charge on any atom is -0.424 e. The van der Waals surface area contributed by atoms with Crippen molar-refractivity contribution in [3.63, 3.8) is 0 Å². The number of nitrogens with one attached hydrogen (secondary N) is 1. The van der Waals surface area contributed by atoms with Crippen LogP contribution in [0.4, 0.5) is 0 Å². The largest absolute Gasteiger partial charge is 0.424 e. The van der Waals surface area contributed by atoms with Gasteiger partial charge >= 0.3 is 5.97 Å². The molecule has 1 N–H and O–H groups in total. The lowest BCUT2D eigenvalue weighted by Crippen LogP contribution is -2.58. The molecule has 1 amide bonds. The maximum atomic E-state index is 13.3. The maximum Gasteiger partial charge on any atom is 0.343 e. The van der Waals surface area contributed by atoms with Gasteiger partial charge in [-0.3, -0.25) is 4.79 Å². The van der Waals surface area contributed by atoms with Gasteiger partial charge in [-0.25, -0.2) is 4.79 Å². The van der Waals surface area contributed by atoms with E-state index < -0.39 is 48.2 Å². The van der Waals surface area contributed by atoms with Crippen LogP contribution in [0.3, 0.4) is 0 Å². The van der Waals surface area contributed by atoms with Crippen molar-refractivity contribution in [3.05, 3.63) is 29.8 Å². The minimum absolute atomic E-state index is 0.160. The van der Waals surface area contributed by atoms with Crippen LogP contribution in [-0.4, -0.2) is 60.7 Å². The molecule has 0 aromatic heterocycles. The number of rotatable bonds is 10. The van der Waals surface area contributed by atoms with Crippen molar-refractivity contribution in [2.24, 2.45) is 0 Å². The van der Waals surface area contributed by atoms with Crippen LogP contribution in [0.1, 0.15) is 83.5 Å². The van der Waals surface area contributed by atoms with Crippen LogP contribution in [0.15, 0.2) is 24.3 Å². The predicted octanol–water partition coefficient (Wildman–Crippen LogP) is 4.08. The summed E-state index contributed by atoms with van der Waals surface area (Å²) in [6.07, 6.45) is 3.01. The molecule has 3 heterocycles. The van der Waals surface area contributed by atoms with Crippen molar-refractivity contribution < 1.29 is 38.0 Å². The first kappa shape index (κ1) is 27.0. The number of hydrogen-bond acceptors (Lipinski definition) is 8. The fraction of sp³-hybridized carbons (Fsp3) is 0.704. The monoisotopic (exact) mass is 505 g/mol. The van der Waals surface area contributed by atoms with E-state index in [9.17, 15) is 9.59 Å². The Hall–Kier alpha value is -2.04. The first-order valence-electron chi connectivity index (χ1n) is 13.1. The zero-order chi connectivity index (χ0) is 25.9. The summed E-state index contributed by atoms with van der Waals surface area (Å²) in [4.78, 5) is 26.2. The number of para-hydroxylation sites is 1. The summed E-state index contributed by atoms with van der Waals surface area (Å²) in [5.41, 5.74) is 0.285. The van der Waals surface area contributed by atoms with Crippen molar-refractivity contribution in [1.82, 2.24) is 5.32 Å². The lowest BCUT2D eigenvalue weighted by Gasteiger charge is -2.35. The third-order valence-corrected chi connectivity index (χ3v) is 6.55. The van der Waals surface area contributed by atoms with E-state index in [1.807, 2.05) is 0 Å². The molecular formula is C27H39NO8. The van der Waals surface area contributed by atoms with Crippen LogP contribution in [0.5, 0.6) is 5.75 Å². The number of unbranched alkanes of at least 4 members (excludes halogenated alkanes) is 5. The zero-order valence-electron chi connectivity index (χ0n) is 21.9. The molecular weight excluding hydrogens is 466 g/mol. The Morgan fingerprint density at radius 2 is 1.50 bits per heavy atom. The minimum atomic E-state index is -1.12. The molecule has 5 unspecified atom stereocenters. The van der Waals surface area contributed by atoms with E-state index >= 15 is 0 Å². The van der Waals surface area contributed by atoms with Gasteiger partial charge in [0.2, 0.25) is 0 Å². The highest BCUT2D eigenvalue weighted by Crippen LogP contribution is 2.44. The lowest BCUT2D eigenvalue weighted by molar-refractivity contribution is -0.236. The molecule has 5 atom stereocenters. The Labute approximate surface area is 213 Å². The van der Waals surface area contributed by atoms with Crippen LogP contribution in [0, 0.1) is 0 Å². The Balaban J connectivity index is 1.40. The summed E-state index contributed by atoms with van der Waals surface area (Å²) in [6.45, 7) is 9.85. The Kier molecular flexibility index (Phi) is 8.36. The van der Waals surface area contributed by atoms with Gasteiger partial charge in [-0.1, -0.05) is 51.2 Å². The van der Waals surface area contributed by atoms with Crippen LogP contribution < -0.4 is 10.1 Å². The molecule has 4 rings (SSSR count). The van der Waals surface area contributed by atoms with Crippen molar-refractivity contribution >= 4 is 11.9 Å². The van der Waals surface area contributed by atoms with Gasteiger partial charge in [-0.2, -0.15) is 0 Å². The molecule has 3 fully saturated rings. The summed E-state index contributed by atoms with van der Waals surface area (Å²) in [5.74, 6) is -2.64. The molecule has 0 saturated carbocycles. The molecule has 36 heavy (non-hydrogen) atoms. The number of carbonyl (C=O) groups is 2. The molecule has 1 aromatic rings. The highest BCUT2D eigenvalue weighted by Gasteiger charge is 2.62. The number of hydrogen-bond donors (Lipinski definition) is 1. The van der Waals surface area contributed by atoms with Crippen molar-refractivity contribution in [3.8, 4) is 5.75 Å². The van der Waals surface area contributed by atoms with Gasteiger partial charge in [0.1, 0.15) is 24.1 Å². The number of ether oxygens (including phenoxy) is 6. The normalized spacial score (nSPS) is 29.9. The summed E-state index contributed by atoms with van der Waals surface area (Å²) < 4.78 is 35.6. The number of benzene rings is 1. The number of fused-ring (bicyclic) bond motifs is 3. The van der Waals surface area contributed by atoms with E-state index in [-0.39, 0.29) is 17.2 Å². The zero-order valence-corrected chi connectivity index (χ0v) is 21.9. The van der Waals surface area contributed by atoms with Gasteiger partial charge < -0.3 is 33.7 Å². The van der Waals surface area contributed by atoms with E-state index in [0.717, 1.165) is 19.3 Å². The van der Waals surface area contributed by atoms with Crippen molar-refractivity contribution in [1.29, 1.82) is 0 Å². The third-order valence-electron chi connectivity index (χ3n) is 6.55. The van der Waals surface area contributed by atoms with Crippen molar-refractivity contribution in [2.45, 2.75) is 115 Å². The van der Waals surface area contributed by atoms with E-state index in [1.165, 1.54) is 19.3 Å². The summed E-state index contributed by atoms with van der Waals surface area (Å²) in [6, 6.07) is 6.67. The van der Waals surface area contributed by atoms with Gasteiger partial charge in [0, 0.05) is 6.54 Å². The second-order valence-corrected chi connectivity index (χ2v) is 10.5. The predicted molar refractivity (Wildman–Crippen MR) is 130 cm³/mol. The second-order valence-electron chi connectivity index (χ2n) is 10.5. The fourth-order valence-corrected chi connectivity index (χ4v) is 4.91. The van der Waals surface area contributed by atoms with Gasteiger partial charge in [-0.15, -0.1) is 0 Å². The standard InChI is InChI=1S/C27H39NO8/c1-6-7-8-9-10-13-16-28-23(29)17-14-11-12-15-18(17)31-24(30)21-19-20(34-26(2,3)33-19)22-25(32-21)36-27(4,5)35-22/h11-12,14-15,19-22,25H,6-10,13,16H2,1-5H3,(H,28,29). The molecule has 200 valence electrons. The van der Waals surface area contributed by atoms with Gasteiger partial charge in [-0.05, 0) is 46.2 Å². The lowest BCUT2D eigenvalue weighted by atomic mass is 9.99. The van der Waals surface area contributed by atoms with Crippen LogP contribution in [-0.2, 0) is 28.5 Å². The van der Waals surface area contributed by atoms with Crippen LogP contribution in [0.2, 0.25) is 0 Å². The molecule has 3 saturated heterocycles. The summed E-state index contributed by atoms with van der Waals surface area (Å²) >= 11 is 0. The third kappa shape index (κ3) is 6.26. The first-order chi connectivity index (χ1) is 17.1. The quantitative estimate of drug-likeness (QED) is 0.288. The van der Waals surface area contributed by atoms with Gasteiger partial charge in [0.15, 0.2) is 24.0 Å². The molecule has 3 aliphatic heterocycles. The molecule has 0 bridgehead atoms. The number of amides is 1. The van der Waals surface area contributed by atoms with E-state index in [2.05, 4.69) is 12.2 Å². The maximum absolute atomic E-state index is 13.3. The highest BCUT2D eigenvalue weighted by molar-refractivity contribution is 5.97. The fourth-order valence-electron chi connectivity index (χ4n) is 4.91. The highest BCUT2D eigenvalue weighted by atomic mass is 16.9. The Morgan fingerprint density at radius 3 is 2.28 bits per heavy atom. The SMILES string of the molecule is CCCCCCCCNC(=O)c1ccccc1OC(=O)C1OC2OC(C)(C)OC2C2OC(C)(C)OC12. The van der Waals surface area contributed by atoms with Gasteiger partial charge in [0.05, 0.1) is 5.56 Å². The molecule has 1 aromatic carbocycles. The Bertz CT molecular complexity index is 932. The van der Waals surface area contributed by atoms with E-state index in [1.54, 1.807) is 52.0 Å². The average Bonchev–Trinajstić information content (AvgIpc) is 3.31. The molecule has 0 spiro atoms. The first-order valence-corrected chi connectivity index (χ1v) is 13.1. The topological polar surface area (TPSA) is 102 Å². The molecule has 9 heteroatoms. The number of esters is 1. The summed E-state index contributed by atoms with van der Waals surface area (Å²) in [5, 5.41) is 2.93. The average molecular weight is 506 g/mol. The molecule has 9 nitrogen and oxygen atoms in total. The second kappa shape index (κ2) is 11.1. The molecule has 3 aliphatic rings. The van der Waals surface area contributed by atoms with E-state index in [4.69, 9.17) is 28.4 Å². The van der Waals surface area contributed by atoms with E-state index in [0.29, 0.717) is 6.54 Å². The van der Waals surface area contributed by atoms with Crippen LogP contribution in [0.25, 0.3) is 0 Å². The van der Waals surface area contributed by atoms with Crippen molar-refractivity contribution in [2.75, 3.05) is 6.54 Å². The summed E-state index contributed by atoms with van der Waals surface area (Å²) in [7, 11) is 0. The number of carbonyl (C=O) groups excluding carboxylic acids is 2. The molecule has 0 aliphatic carbocycles. The molecule has 0 radical (unpaired) electrons.